The number of carbonyl (C=O) groups excluding carboxylic acids is 1. The molecular formula is C13H19NO5. The Labute approximate surface area is 112 Å². The van der Waals surface area contributed by atoms with Gasteiger partial charge in [-0.15, -0.1) is 0 Å². The van der Waals surface area contributed by atoms with Crippen molar-refractivity contribution < 1.29 is 23.7 Å². The molecule has 0 aromatic rings. The van der Waals surface area contributed by atoms with Crippen LogP contribution in [-0.4, -0.2) is 61.8 Å². The van der Waals surface area contributed by atoms with E-state index >= 15 is 0 Å². The van der Waals surface area contributed by atoms with E-state index in [0.717, 1.165) is 0 Å². The zero-order valence-corrected chi connectivity index (χ0v) is 11.6. The molecule has 0 saturated carbocycles. The zero-order valence-electron chi connectivity index (χ0n) is 11.6. The van der Waals surface area contributed by atoms with Crippen LogP contribution in [0, 0.1) is 0 Å². The standard InChI is InChI=1S/C13H19NO5/c1-13(2)18-10-8-6-16-12(15)7(5-14(3)4)9(17-8)11(10)19-13/h5,8-11H,6H2,1-4H3/b7-5-/t8-,9+,10-,11+/m0/s1. The lowest BCUT2D eigenvalue weighted by Gasteiger charge is -2.22. The Bertz CT molecular complexity index is 431. The maximum atomic E-state index is 12.0. The van der Waals surface area contributed by atoms with E-state index in [1.807, 2.05) is 27.9 Å². The third kappa shape index (κ3) is 2.13. The van der Waals surface area contributed by atoms with Gasteiger partial charge in [0.15, 0.2) is 5.79 Å². The minimum Gasteiger partial charge on any atom is -0.459 e. The van der Waals surface area contributed by atoms with E-state index in [1.165, 1.54) is 0 Å². The molecule has 4 atom stereocenters. The lowest BCUT2D eigenvalue weighted by Crippen LogP contribution is -2.37. The van der Waals surface area contributed by atoms with Gasteiger partial charge in [0.25, 0.3) is 0 Å². The molecule has 3 heterocycles. The maximum absolute atomic E-state index is 12.0. The molecule has 3 saturated heterocycles. The van der Waals surface area contributed by atoms with Crippen molar-refractivity contribution in [2.75, 3.05) is 20.7 Å². The summed E-state index contributed by atoms with van der Waals surface area (Å²) in [7, 11) is 3.70. The number of hydrogen-bond donors (Lipinski definition) is 0. The quantitative estimate of drug-likeness (QED) is 0.503. The summed E-state index contributed by atoms with van der Waals surface area (Å²) >= 11 is 0. The van der Waals surface area contributed by atoms with Gasteiger partial charge in [0.1, 0.15) is 31.0 Å². The van der Waals surface area contributed by atoms with Crippen LogP contribution in [0.4, 0.5) is 0 Å². The van der Waals surface area contributed by atoms with Crippen LogP contribution in [0.2, 0.25) is 0 Å². The SMILES string of the molecule is CN(C)/C=C1\C(=O)OC[C@@H]2O[C@H]1[C@H]1OC(C)(C)O[C@H]12. The average molecular weight is 269 g/mol. The molecule has 0 spiro atoms. The number of ether oxygens (including phenoxy) is 4. The lowest BCUT2D eigenvalue weighted by atomic mass is 10.0. The predicted octanol–water partition coefficient (Wildman–Crippen LogP) is 0.276. The Kier molecular flexibility index (Phi) is 2.85. The van der Waals surface area contributed by atoms with E-state index in [2.05, 4.69) is 0 Å². The summed E-state index contributed by atoms with van der Waals surface area (Å²) in [6, 6.07) is 0. The smallest absolute Gasteiger partial charge is 0.338 e. The van der Waals surface area contributed by atoms with Gasteiger partial charge in [0, 0.05) is 20.3 Å². The minimum atomic E-state index is -0.647. The summed E-state index contributed by atoms with van der Waals surface area (Å²) in [4.78, 5) is 13.8. The highest BCUT2D eigenvalue weighted by Crippen LogP contribution is 2.42. The number of esters is 1. The van der Waals surface area contributed by atoms with Crippen molar-refractivity contribution >= 4 is 5.97 Å². The Hall–Kier alpha value is -1.11. The van der Waals surface area contributed by atoms with E-state index in [9.17, 15) is 4.79 Å². The Morgan fingerprint density at radius 1 is 1.26 bits per heavy atom. The number of cyclic esters (lactones) is 1. The molecule has 0 radical (unpaired) electrons. The first-order chi connectivity index (χ1) is 8.87. The molecule has 6 nitrogen and oxygen atoms in total. The van der Waals surface area contributed by atoms with Crippen molar-refractivity contribution in [2.24, 2.45) is 0 Å². The number of carbonyl (C=O) groups is 1. The first kappa shape index (κ1) is 12.9. The fourth-order valence-electron chi connectivity index (χ4n) is 2.83. The van der Waals surface area contributed by atoms with Crippen LogP contribution in [0.1, 0.15) is 13.8 Å². The van der Waals surface area contributed by atoms with Gasteiger partial charge < -0.3 is 23.8 Å². The van der Waals surface area contributed by atoms with Crippen LogP contribution in [0.3, 0.4) is 0 Å². The van der Waals surface area contributed by atoms with Crippen LogP contribution in [0.25, 0.3) is 0 Å². The van der Waals surface area contributed by atoms with Crippen molar-refractivity contribution in [1.29, 1.82) is 0 Å². The highest BCUT2D eigenvalue weighted by Gasteiger charge is 2.58. The van der Waals surface area contributed by atoms with E-state index < -0.39 is 11.9 Å². The molecule has 6 heteroatoms. The molecule has 3 aliphatic rings. The van der Waals surface area contributed by atoms with Crippen molar-refractivity contribution in [3.05, 3.63) is 11.8 Å². The summed E-state index contributed by atoms with van der Waals surface area (Å²) in [5.74, 6) is -0.986. The van der Waals surface area contributed by atoms with E-state index in [4.69, 9.17) is 18.9 Å². The van der Waals surface area contributed by atoms with Gasteiger partial charge in [0.05, 0.1) is 5.57 Å². The van der Waals surface area contributed by atoms with Gasteiger partial charge in [-0.2, -0.15) is 0 Å². The zero-order chi connectivity index (χ0) is 13.8. The maximum Gasteiger partial charge on any atom is 0.338 e. The third-order valence-corrected chi connectivity index (χ3v) is 3.47. The monoisotopic (exact) mass is 269 g/mol. The summed E-state index contributed by atoms with van der Waals surface area (Å²) in [6.07, 6.45) is 0.618. The van der Waals surface area contributed by atoms with Crippen molar-refractivity contribution in [3.63, 3.8) is 0 Å². The highest BCUT2D eigenvalue weighted by atomic mass is 16.8. The molecule has 0 unspecified atom stereocenters. The Morgan fingerprint density at radius 2 is 1.95 bits per heavy atom. The first-order valence-corrected chi connectivity index (χ1v) is 6.44. The summed E-state index contributed by atoms with van der Waals surface area (Å²) in [5.41, 5.74) is 0.487. The fraction of sp³-hybridized carbons (Fsp3) is 0.769. The molecule has 0 aliphatic carbocycles. The molecule has 3 aliphatic heterocycles. The van der Waals surface area contributed by atoms with Gasteiger partial charge in [-0.1, -0.05) is 0 Å². The Balaban J connectivity index is 1.94. The third-order valence-electron chi connectivity index (χ3n) is 3.47. The van der Waals surface area contributed by atoms with Gasteiger partial charge in [-0.25, -0.2) is 4.79 Å². The second-order valence-corrected chi connectivity index (χ2v) is 5.81. The molecule has 0 aromatic heterocycles. The molecule has 3 rings (SSSR count). The fourth-order valence-corrected chi connectivity index (χ4v) is 2.83. The second-order valence-electron chi connectivity index (χ2n) is 5.81. The predicted molar refractivity (Wildman–Crippen MR) is 65.2 cm³/mol. The minimum absolute atomic E-state index is 0.182. The van der Waals surface area contributed by atoms with Crippen LogP contribution in [0.15, 0.2) is 11.8 Å². The number of hydrogen-bond acceptors (Lipinski definition) is 6. The normalized spacial score (nSPS) is 41.9. The molecule has 3 fully saturated rings. The molecule has 106 valence electrons. The largest absolute Gasteiger partial charge is 0.459 e. The summed E-state index contributed by atoms with van der Waals surface area (Å²) in [5, 5.41) is 0. The van der Waals surface area contributed by atoms with Gasteiger partial charge >= 0.3 is 5.97 Å². The van der Waals surface area contributed by atoms with Gasteiger partial charge in [-0.05, 0) is 13.8 Å². The highest BCUT2D eigenvalue weighted by molar-refractivity contribution is 5.90. The topological polar surface area (TPSA) is 57.2 Å². The van der Waals surface area contributed by atoms with Crippen molar-refractivity contribution in [1.82, 2.24) is 4.90 Å². The lowest BCUT2D eigenvalue weighted by molar-refractivity contribution is -0.183. The van der Waals surface area contributed by atoms with Crippen LogP contribution in [-0.2, 0) is 23.7 Å². The van der Waals surface area contributed by atoms with Crippen LogP contribution in [0.5, 0.6) is 0 Å². The molecule has 2 bridgehead atoms. The van der Waals surface area contributed by atoms with Gasteiger partial charge in [0.2, 0.25) is 0 Å². The van der Waals surface area contributed by atoms with E-state index in [-0.39, 0.29) is 30.9 Å². The first-order valence-electron chi connectivity index (χ1n) is 6.44. The second kappa shape index (κ2) is 4.19. The summed E-state index contributed by atoms with van der Waals surface area (Å²) < 4.78 is 22.8. The van der Waals surface area contributed by atoms with Gasteiger partial charge in [-0.3, -0.25) is 0 Å². The van der Waals surface area contributed by atoms with E-state index in [0.29, 0.717) is 5.57 Å². The van der Waals surface area contributed by atoms with Crippen LogP contribution >= 0.6 is 0 Å². The number of rotatable bonds is 1. The van der Waals surface area contributed by atoms with Crippen LogP contribution < -0.4 is 0 Å². The van der Waals surface area contributed by atoms with Crippen molar-refractivity contribution in [3.8, 4) is 0 Å². The molecule has 0 N–H and O–H groups in total. The number of fused-ring (bicyclic) bond motifs is 5. The average Bonchev–Trinajstić information content (AvgIpc) is 2.70. The molecular weight excluding hydrogens is 250 g/mol. The molecule has 0 amide bonds. The number of nitrogens with zero attached hydrogens (tertiary/aromatic N) is 1. The van der Waals surface area contributed by atoms with E-state index in [1.54, 1.807) is 11.1 Å². The Morgan fingerprint density at radius 3 is 2.63 bits per heavy atom. The van der Waals surface area contributed by atoms with Crippen molar-refractivity contribution in [2.45, 2.75) is 44.1 Å². The summed E-state index contributed by atoms with van der Waals surface area (Å²) in [6.45, 7) is 3.95. The molecule has 0 aromatic carbocycles. The molecule has 19 heavy (non-hydrogen) atoms.